The number of rotatable bonds is 7. The maximum absolute atomic E-state index is 13.9. The molecule has 5 heterocycles. The summed E-state index contributed by atoms with van der Waals surface area (Å²) in [7, 11) is 1.68. The lowest BCUT2D eigenvalue weighted by molar-refractivity contribution is -0.225. The largest absolute Gasteiger partial charge is 0.420 e. The van der Waals surface area contributed by atoms with Crippen molar-refractivity contribution in [3.05, 3.63) is 52.7 Å². The van der Waals surface area contributed by atoms with Gasteiger partial charge in [0, 0.05) is 63.1 Å². The molecule has 0 spiro atoms. The third kappa shape index (κ3) is 4.91. The Morgan fingerprint density at radius 3 is 2.54 bits per heavy atom. The molecule has 3 unspecified atom stereocenters. The SMILES string of the molecule is Cn1c(=O)n(C2CCOCC2)c2c3cc(-c4ccc(C(OCCN5CC6CC6C5)C(F)(F)F)nc4)ccc3nnc21. The van der Waals surface area contributed by atoms with Gasteiger partial charge in [0.1, 0.15) is 5.52 Å². The van der Waals surface area contributed by atoms with Gasteiger partial charge in [-0.3, -0.25) is 14.1 Å². The number of nitrogens with zero attached hydrogens (tertiary/aromatic N) is 6. The van der Waals surface area contributed by atoms with Crippen LogP contribution < -0.4 is 5.69 Å². The molecule has 9 nitrogen and oxygen atoms in total. The van der Waals surface area contributed by atoms with Crippen LogP contribution in [-0.2, 0) is 16.5 Å². The van der Waals surface area contributed by atoms with Gasteiger partial charge in [0.2, 0.25) is 0 Å². The van der Waals surface area contributed by atoms with E-state index < -0.39 is 12.3 Å². The Labute approximate surface area is 233 Å². The number of benzene rings is 1. The predicted molar refractivity (Wildman–Crippen MR) is 145 cm³/mol. The van der Waals surface area contributed by atoms with Gasteiger partial charge in [-0.1, -0.05) is 12.1 Å². The molecule has 0 bridgehead atoms. The van der Waals surface area contributed by atoms with Crippen molar-refractivity contribution < 1.29 is 22.6 Å². The zero-order valence-electron chi connectivity index (χ0n) is 22.7. The van der Waals surface area contributed by atoms with Gasteiger partial charge in [-0.15, -0.1) is 10.2 Å². The number of fused-ring (bicyclic) bond motifs is 4. The summed E-state index contributed by atoms with van der Waals surface area (Å²) < 4.78 is 55.9. The van der Waals surface area contributed by atoms with E-state index in [4.69, 9.17) is 9.47 Å². The van der Waals surface area contributed by atoms with Crippen LogP contribution in [0.5, 0.6) is 0 Å². The quantitative estimate of drug-likeness (QED) is 0.329. The van der Waals surface area contributed by atoms with Crippen molar-refractivity contribution in [3.63, 3.8) is 0 Å². The van der Waals surface area contributed by atoms with Gasteiger partial charge in [-0.2, -0.15) is 13.2 Å². The van der Waals surface area contributed by atoms with Crippen molar-refractivity contribution in [1.29, 1.82) is 0 Å². The first-order valence-corrected chi connectivity index (χ1v) is 14.1. The van der Waals surface area contributed by atoms with Gasteiger partial charge in [0.15, 0.2) is 11.8 Å². The summed E-state index contributed by atoms with van der Waals surface area (Å²) in [6.07, 6.45) is -2.54. The molecule has 1 aliphatic carbocycles. The summed E-state index contributed by atoms with van der Waals surface area (Å²) in [6, 6.07) is 8.52. The third-order valence-electron chi connectivity index (χ3n) is 8.76. The van der Waals surface area contributed by atoms with Gasteiger partial charge in [-0.25, -0.2) is 4.79 Å². The van der Waals surface area contributed by atoms with Crippen LogP contribution in [0.3, 0.4) is 0 Å². The molecular formula is C29H31F3N6O3. The summed E-state index contributed by atoms with van der Waals surface area (Å²) in [5.74, 6) is 1.44. The summed E-state index contributed by atoms with van der Waals surface area (Å²) in [5, 5.41) is 9.39. The number of ether oxygens (including phenoxy) is 2. The molecule has 0 radical (unpaired) electrons. The molecule has 2 aliphatic heterocycles. The second kappa shape index (κ2) is 10.2. The summed E-state index contributed by atoms with van der Waals surface area (Å²) in [6.45, 7) is 3.56. The zero-order valence-corrected chi connectivity index (χ0v) is 22.7. The Morgan fingerprint density at radius 1 is 1.07 bits per heavy atom. The van der Waals surface area contributed by atoms with E-state index in [1.807, 2.05) is 12.1 Å². The number of imidazole rings is 1. The average molecular weight is 569 g/mol. The predicted octanol–water partition coefficient (Wildman–Crippen LogP) is 4.27. The van der Waals surface area contributed by atoms with E-state index in [2.05, 4.69) is 20.1 Å². The van der Waals surface area contributed by atoms with Crippen molar-refractivity contribution in [1.82, 2.24) is 29.2 Å². The molecular weight excluding hydrogens is 537 g/mol. The molecule has 1 saturated carbocycles. The normalized spacial score (nSPS) is 22.4. The Hall–Kier alpha value is -3.35. The van der Waals surface area contributed by atoms with Crippen LogP contribution >= 0.6 is 0 Å². The minimum atomic E-state index is -4.57. The van der Waals surface area contributed by atoms with E-state index in [0.717, 1.165) is 48.7 Å². The molecule has 0 amide bonds. The number of halogens is 3. The van der Waals surface area contributed by atoms with Crippen molar-refractivity contribution in [2.24, 2.45) is 18.9 Å². The molecule has 41 heavy (non-hydrogen) atoms. The number of likely N-dealkylation sites (tertiary alicyclic amines) is 1. The lowest BCUT2D eigenvalue weighted by Crippen LogP contribution is -2.30. The highest BCUT2D eigenvalue weighted by Gasteiger charge is 2.46. The Bertz CT molecular complexity index is 1630. The highest BCUT2D eigenvalue weighted by atomic mass is 19.4. The first kappa shape index (κ1) is 26.5. The van der Waals surface area contributed by atoms with Gasteiger partial charge < -0.3 is 14.4 Å². The molecule has 1 aromatic carbocycles. The topological polar surface area (TPSA) is 87.3 Å². The van der Waals surface area contributed by atoms with E-state index in [1.165, 1.54) is 23.3 Å². The number of hydrogen-bond acceptors (Lipinski definition) is 7. The smallest absolute Gasteiger partial charge is 0.381 e. The van der Waals surface area contributed by atoms with Crippen LogP contribution in [-0.4, -0.2) is 74.8 Å². The second-order valence-corrected chi connectivity index (χ2v) is 11.4. The number of pyridine rings is 1. The fourth-order valence-corrected chi connectivity index (χ4v) is 6.41. The first-order valence-electron chi connectivity index (χ1n) is 14.1. The molecule has 3 fully saturated rings. The summed E-state index contributed by atoms with van der Waals surface area (Å²) >= 11 is 0. The van der Waals surface area contributed by atoms with E-state index in [0.29, 0.717) is 42.0 Å². The Balaban J connectivity index is 1.18. The lowest BCUT2D eigenvalue weighted by atomic mass is 10.0. The number of aryl methyl sites for hydroxylation is 1. The van der Waals surface area contributed by atoms with Crippen molar-refractivity contribution >= 4 is 22.1 Å². The molecule has 216 valence electrons. The molecule has 4 aromatic rings. The van der Waals surface area contributed by atoms with Gasteiger partial charge in [-0.05, 0) is 54.9 Å². The number of piperidine rings is 1. The molecule has 7 rings (SSSR count). The van der Waals surface area contributed by atoms with Crippen LogP contribution in [0.2, 0.25) is 0 Å². The molecule has 2 saturated heterocycles. The Kier molecular flexibility index (Phi) is 6.59. The van der Waals surface area contributed by atoms with E-state index in [-0.39, 0.29) is 24.0 Å². The highest BCUT2D eigenvalue weighted by molar-refractivity contribution is 6.02. The maximum Gasteiger partial charge on any atom is 0.420 e. The van der Waals surface area contributed by atoms with Gasteiger partial charge in [0.05, 0.1) is 17.8 Å². The molecule has 3 aromatic heterocycles. The number of aromatic nitrogens is 5. The molecule has 3 aliphatic rings. The van der Waals surface area contributed by atoms with Gasteiger partial charge in [0.25, 0.3) is 0 Å². The second-order valence-electron chi connectivity index (χ2n) is 11.4. The van der Waals surface area contributed by atoms with Crippen LogP contribution in [0.15, 0.2) is 41.3 Å². The number of hydrogen-bond donors (Lipinski definition) is 0. The fraction of sp³-hybridized carbons (Fsp3) is 0.517. The monoisotopic (exact) mass is 568 g/mol. The van der Waals surface area contributed by atoms with Crippen molar-refractivity contribution in [3.8, 4) is 11.1 Å². The summed E-state index contributed by atoms with van der Waals surface area (Å²) in [4.78, 5) is 19.6. The number of alkyl halides is 3. The first-order chi connectivity index (χ1) is 19.8. The van der Waals surface area contributed by atoms with Crippen LogP contribution in [0.4, 0.5) is 13.2 Å². The van der Waals surface area contributed by atoms with Crippen molar-refractivity contribution in [2.45, 2.75) is 37.6 Å². The van der Waals surface area contributed by atoms with E-state index >= 15 is 0 Å². The van der Waals surface area contributed by atoms with Crippen LogP contribution in [0.1, 0.15) is 37.1 Å². The maximum atomic E-state index is 13.9. The summed E-state index contributed by atoms with van der Waals surface area (Å²) in [5.41, 5.74) is 2.86. The zero-order chi connectivity index (χ0) is 28.3. The van der Waals surface area contributed by atoms with Crippen LogP contribution in [0, 0.1) is 11.8 Å². The van der Waals surface area contributed by atoms with E-state index in [9.17, 15) is 18.0 Å². The molecule has 3 atom stereocenters. The van der Waals surface area contributed by atoms with E-state index in [1.54, 1.807) is 23.7 Å². The average Bonchev–Trinajstić information content (AvgIpc) is 3.49. The minimum absolute atomic E-state index is 0.000649. The molecule has 0 N–H and O–H groups in total. The third-order valence-corrected chi connectivity index (χ3v) is 8.76. The molecule has 12 heteroatoms. The standard InChI is InChI=1S/C29H31F3N6O3/c1-36-27-25(38(28(36)39)21-6-9-40-10-7-21)22-13-17(2-4-23(22)34-35-27)18-3-5-24(33-14-18)26(29(30,31)32)41-11-8-37-15-19-12-20(19)16-37/h2-5,13-14,19-21,26H,6-12,15-16H2,1H3. The van der Waals surface area contributed by atoms with Gasteiger partial charge >= 0.3 is 11.9 Å². The van der Waals surface area contributed by atoms with Crippen molar-refractivity contribution in [2.75, 3.05) is 39.5 Å². The minimum Gasteiger partial charge on any atom is -0.381 e. The lowest BCUT2D eigenvalue weighted by Gasteiger charge is -2.23. The fourth-order valence-electron chi connectivity index (χ4n) is 6.41. The Morgan fingerprint density at radius 2 is 1.83 bits per heavy atom. The highest BCUT2D eigenvalue weighted by Crippen LogP contribution is 2.45. The van der Waals surface area contributed by atoms with Crippen LogP contribution in [0.25, 0.3) is 33.2 Å².